The smallest absolute Gasteiger partial charge is 0.266 e. The summed E-state index contributed by atoms with van der Waals surface area (Å²) in [4.78, 5) is 39.3. The van der Waals surface area contributed by atoms with Gasteiger partial charge in [0.05, 0.1) is 36.1 Å². The van der Waals surface area contributed by atoms with Crippen LogP contribution in [0.5, 0.6) is 0 Å². The molecule has 0 aliphatic carbocycles. The van der Waals surface area contributed by atoms with Gasteiger partial charge < -0.3 is 5.32 Å². The molecule has 0 saturated carbocycles. The van der Waals surface area contributed by atoms with E-state index < -0.39 is 11.8 Å². The van der Waals surface area contributed by atoms with Crippen LogP contribution >= 0.6 is 11.6 Å². The topological polar surface area (TPSA) is 97.2 Å². The van der Waals surface area contributed by atoms with Gasteiger partial charge in [-0.05, 0) is 48.0 Å². The van der Waals surface area contributed by atoms with Crippen molar-refractivity contribution in [3.8, 4) is 0 Å². The van der Waals surface area contributed by atoms with Crippen LogP contribution in [0.25, 0.3) is 0 Å². The lowest BCUT2D eigenvalue weighted by Crippen LogP contribution is -2.30. The number of hydrogen-bond acceptors (Lipinski definition) is 5. The Morgan fingerprint density at radius 3 is 2.32 bits per heavy atom. The Kier molecular flexibility index (Phi) is 5.65. The molecule has 0 fully saturated rings. The molecule has 0 radical (unpaired) electrons. The Hall–Kier alpha value is -4.30. The third kappa shape index (κ3) is 4.18. The van der Waals surface area contributed by atoms with Crippen LogP contribution in [0.2, 0.25) is 5.02 Å². The Morgan fingerprint density at radius 1 is 0.912 bits per heavy atom. The number of hydrogen-bond donors (Lipinski definition) is 1. The van der Waals surface area contributed by atoms with E-state index in [0.717, 1.165) is 10.5 Å². The van der Waals surface area contributed by atoms with E-state index in [9.17, 15) is 14.4 Å². The number of benzene rings is 3. The van der Waals surface area contributed by atoms with Crippen LogP contribution in [-0.2, 0) is 13.1 Å². The highest BCUT2D eigenvalue weighted by Gasteiger charge is 2.36. The van der Waals surface area contributed by atoms with Gasteiger partial charge in [-0.2, -0.15) is 0 Å². The van der Waals surface area contributed by atoms with Crippen molar-refractivity contribution in [2.24, 2.45) is 0 Å². The van der Waals surface area contributed by atoms with Gasteiger partial charge in [-0.1, -0.05) is 47.1 Å². The van der Waals surface area contributed by atoms with Gasteiger partial charge in [0, 0.05) is 10.6 Å². The molecular formula is C25H18ClN5O3. The summed E-state index contributed by atoms with van der Waals surface area (Å²) in [6.07, 6.45) is 1.75. The molecule has 1 aromatic heterocycles. The number of amides is 3. The number of carbonyl (C=O) groups is 3. The number of halogens is 1. The van der Waals surface area contributed by atoms with Crippen molar-refractivity contribution in [3.63, 3.8) is 0 Å². The summed E-state index contributed by atoms with van der Waals surface area (Å²) in [5.74, 6) is -1.17. The van der Waals surface area contributed by atoms with E-state index in [0.29, 0.717) is 39.6 Å². The molecule has 34 heavy (non-hydrogen) atoms. The van der Waals surface area contributed by atoms with Crippen LogP contribution < -0.4 is 10.2 Å². The highest BCUT2D eigenvalue weighted by atomic mass is 35.5. The fourth-order valence-corrected chi connectivity index (χ4v) is 3.88. The first kappa shape index (κ1) is 21.5. The van der Waals surface area contributed by atoms with Crippen LogP contribution in [0.15, 0.2) is 79.0 Å². The monoisotopic (exact) mass is 471 g/mol. The largest absolute Gasteiger partial charge is 0.346 e. The normalized spacial score (nSPS) is 12.7. The van der Waals surface area contributed by atoms with Gasteiger partial charge in [0.25, 0.3) is 17.7 Å². The lowest BCUT2D eigenvalue weighted by Gasteiger charge is -2.15. The summed E-state index contributed by atoms with van der Waals surface area (Å²) in [6.45, 7) is 0.705. The zero-order chi connectivity index (χ0) is 23.7. The summed E-state index contributed by atoms with van der Waals surface area (Å²) in [6, 6.07) is 20.5. The molecule has 9 heteroatoms. The maximum absolute atomic E-state index is 12.7. The minimum Gasteiger partial charge on any atom is -0.346 e. The molecule has 1 N–H and O–H groups in total. The Morgan fingerprint density at radius 2 is 1.62 bits per heavy atom. The number of fused-ring (bicyclic) bond motifs is 1. The van der Waals surface area contributed by atoms with Gasteiger partial charge in [0.1, 0.15) is 5.69 Å². The Bertz CT molecular complexity index is 1380. The molecule has 168 valence electrons. The minimum atomic E-state index is -0.407. The zero-order valence-electron chi connectivity index (χ0n) is 17.8. The molecule has 3 amide bonds. The van der Waals surface area contributed by atoms with E-state index in [2.05, 4.69) is 15.6 Å². The fourth-order valence-electron chi connectivity index (χ4n) is 3.76. The van der Waals surface area contributed by atoms with Crippen LogP contribution in [0, 0.1) is 0 Å². The van der Waals surface area contributed by atoms with Crippen molar-refractivity contribution >= 4 is 35.0 Å². The molecule has 4 aromatic rings. The van der Waals surface area contributed by atoms with E-state index in [4.69, 9.17) is 11.6 Å². The quantitative estimate of drug-likeness (QED) is 0.432. The fraction of sp³-hybridized carbons (Fsp3) is 0.0800. The summed E-state index contributed by atoms with van der Waals surface area (Å²) in [7, 11) is 0. The second-order valence-electron chi connectivity index (χ2n) is 7.76. The standard InChI is InChI=1S/C25H18ClN5O3/c26-18-10-8-16(9-11-18)14-30-15-19(28-29-30)13-27-23(32)17-4-3-5-20(12-17)31-24(33)21-6-1-2-7-22(21)25(31)34/h1-12,15H,13-14H2,(H,27,32). The van der Waals surface area contributed by atoms with Crippen LogP contribution in [0.4, 0.5) is 5.69 Å². The maximum Gasteiger partial charge on any atom is 0.266 e. The SMILES string of the molecule is O=C(NCc1cn(Cc2ccc(Cl)cc2)nn1)c1cccc(N2C(=O)c3ccccc3C2=O)c1. The zero-order valence-corrected chi connectivity index (χ0v) is 18.6. The molecule has 1 aliphatic rings. The lowest BCUT2D eigenvalue weighted by atomic mass is 10.1. The van der Waals surface area contributed by atoms with Crippen LogP contribution in [-0.4, -0.2) is 32.7 Å². The molecule has 0 saturated heterocycles. The third-order valence-corrected chi connectivity index (χ3v) is 5.69. The molecule has 3 aromatic carbocycles. The van der Waals surface area contributed by atoms with E-state index >= 15 is 0 Å². The van der Waals surface area contributed by atoms with Gasteiger partial charge in [-0.3, -0.25) is 14.4 Å². The molecule has 0 atom stereocenters. The first-order valence-electron chi connectivity index (χ1n) is 10.5. The number of aromatic nitrogens is 3. The first-order valence-corrected chi connectivity index (χ1v) is 10.9. The lowest BCUT2D eigenvalue weighted by molar-refractivity contribution is 0.0919. The number of imide groups is 1. The van der Waals surface area contributed by atoms with Gasteiger partial charge in [-0.15, -0.1) is 5.10 Å². The van der Waals surface area contributed by atoms with Gasteiger partial charge in [0.15, 0.2) is 0 Å². The minimum absolute atomic E-state index is 0.177. The van der Waals surface area contributed by atoms with Crippen molar-refractivity contribution in [2.75, 3.05) is 4.90 Å². The number of rotatable bonds is 6. The molecule has 2 heterocycles. The Balaban J connectivity index is 1.25. The Labute approximate surface area is 199 Å². The number of nitrogens with one attached hydrogen (secondary N) is 1. The highest BCUT2D eigenvalue weighted by Crippen LogP contribution is 2.28. The molecule has 1 aliphatic heterocycles. The second-order valence-corrected chi connectivity index (χ2v) is 8.19. The third-order valence-electron chi connectivity index (χ3n) is 5.43. The van der Waals surface area contributed by atoms with Crippen LogP contribution in [0.1, 0.15) is 42.3 Å². The average molecular weight is 472 g/mol. The van der Waals surface area contributed by atoms with Gasteiger partial charge in [0.2, 0.25) is 0 Å². The van der Waals surface area contributed by atoms with E-state index in [1.807, 2.05) is 24.3 Å². The van der Waals surface area contributed by atoms with Crippen LogP contribution in [0.3, 0.4) is 0 Å². The van der Waals surface area contributed by atoms with Crippen molar-refractivity contribution in [3.05, 3.63) is 112 Å². The molecular weight excluding hydrogens is 454 g/mol. The average Bonchev–Trinajstić information content (AvgIpc) is 3.41. The summed E-state index contributed by atoms with van der Waals surface area (Å²) < 4.78 is 1.67. The highest BCUT2D eigenvalue weighted by molar-refractivity contribution is 6.34. The second kappa shape index (κ2) is 8.92. The number of anilines is 1. The van der Waals surface area contributed by atoms with E-state index in [1.54, 1.807) is 53.3 Å². The van der Waals surface area contributed by atoms with Gasteiger partial charge >= 0.3 is 0 Å². The summed E-state index contributed by atoms with van der Waals surface area (Å²) >= 11 is 5.91. The molecule has 8 nitrogen and oxygen atoms in total. The van der Waals surface area contributed by atoms with Crippen molar-refractivity contribution in [1.29, 1.82) is 0 Å². The summed E-state index contributed by atoms with van der Waals surface area (Å²) in [5.41, 5.74) is 2.98. The molecule has 0 unspecified atom stereocenters. The van der Waals surface area contributed by atoms with Crippen molar-refractivity contribution in [1.82, 2.24) is 20.3 Å². The van der Waals surface area contributed by atoms with E-state index in [1.165, 1.54) is 6.07 Å². The number of nitrogens with zero attached hydrogens (tertiary/aromatic N) is 4. The maximum atomic E-state index is 12.7. The summed E-state index contributed by atoms with van der Waals surface area (Å²) in [5, 5.41) is 11.6. The van der Waals surface area contributed by atoms with Crippen molar-refractivity contribution < 1.29 is 14.4 Å². The van der Waals surface area contributed by atoms with Gasteiger partial charge in [-0.25, -0.2) is 9.58 Å². The molecule has 0 spiro atoms. The molecule has 5 rings (SSSR count). The van der Waals surface area contributed by atoms with E-state index in [-0.39, 0.29) is 12.5 Å². The predicted molar refractivity (Wildman–Crippen MR) is 126 cm³/mol. The first-order chi connectivity index (χ1) is 16.5. The predicted octanol–water partition coefficient (Wildman–Crippen LogP) is 3.71. The van der Waals surface area contributed by atoms with Crippen molar-refractivity contribution in [2.45, 2.75) is 13.1 Å². The number of carbonyl (C=O) groups excluding carboxylic acids is 3. The molecule has 0 bridgehead atoms.